The zero-order chi connectivity index (χ0) is 20.4. The fourth-order valence-corrected chi connectivity index (χ4v) is 6.21. The van der Waals surface area contributed by atoms with Crippen molar-refractivity contribution in [1.82, 2.24) is 9.21 Å². The monoisotopic (exact) mass is 424 g/mol. The summed E-state index contributed by atoms with van der Waals surface area (Å²) in [4.78, 5) is 14.8. The summed E-state index contributed by atoms with van der Waals surface area (Å²) in [5, 5.41) is 0. The van der Waals surface area contributed by atoms with Crippen molar-refractivity contribution in [1.29, 1.82) is 0 Å². The minimum Gasteiger partial charge on any atom is -0.487 e. The maximum atomic E-state index is 13.4. The predicted octanol–water partition coefficient (Wildman–Crippen LogP) is 1.25. The lowest BCUT2D eigenvalue weighted by atomic mass is 10.1. The van der Waals surface area contributed by atoms with Gasteiger partial charge in [0.1, 0.15) is 22.9 Å². The third-order valence-electron chi connectivity index (χ3n) is 5.92. The Kier molecular flexibility index (Phi) is 6.10. The summed E-state index contributed by atoms with van der Waals surface area (Å²) in [7, 11) is -2.17. The Labute approximate surface area is 171 Å². The summed E-state index contributed by atoms with van der Waals surface area (Å²) in [6.07, 6.45) is 2.04. The van der Waals surface area contributed by atoms with Crippen LogP contribution in [0.25, 0.3) is 0 Å². The number of sulfonamides is 1. The van der Waals surface area contributed by atoms with Crippen LogP contribution in [-0.2, 0) is 24.3 Å². The van der Waals surface area contributed by atoms with Crippen LogP contribution in [0.4, 0.5) is 0 Å². The highest BCUT2D eigenvalue weighted by molar-refractivity contribution is 7.89. The lowest BCUT2D eigenvalue weighted by molar-refractivity contribution is -0.140. The highest BCUT2D eigenvalue weighted by Crippen LogP contribution is 2.36. The molecule has 0 radical (unpaired) electrons. The predicted molar refractivity (Wildman–Crippen MR) is 105 cm³/mol. The van der Waals surface area contributed by atoms with Crippen LogP contribution in [0.1, 0.15) is 25.7 Å². The number of rotatable bonds is 4. The number of hydrogen-bond donors (Lipinski definition) is 0. The molecule has 8 nitrogen and oxygen atoms in total. The molecule has 0 spiro atoms. The van der Waals surface area contributed by atoms with Crippen molar-refractivity contribution in [3.8, 4) is 5.75 Å². The van der Waals surface area contributed by atoms with Crippen LogP contribution in [0.2, 0.25) is 0 Å². The molecule has 3 aliphatic heterocycles. The van der Waals surface area contributed by atoms with E-state index in [4.69, 9.17) is 14.2 Å². The number of fused-ring (bicyclic) bond motifs is 2. The summed E-state index contributed by atoms with van der Waals surface area (Å²) in [5.41, 5.74) is 0. The summed E-state index contributed by atoms with van der Waals surface area (Å²) in [5.74, 6) is 0.381. The molecule has 29 heavy (non-hydrogen) atoms. The zero-order valence-electron chi connectivity index (χ0n) is 16.7. The van der Waals surface area contributed by atoms with Crippen molar-refractivity contribution >= 4 is 15.9 Å². The average Bonchev–Trinajstić information content (AvgIpc) is 3.15. The minimum absolute atomic E-state index is 0.00524. The maximum Gasteiger partial charge on any atom is 0.251 e. The molecule has 9 heteroatoms. The Bertz CT molecular complexity index is 839. The molecule has 0 saturated carbocycles. The Balaban J connectivity index is 1.62. The van der Waals surface area contributed by atoms with Crippen LogP contribution in [-0.4, -0.2) is 81.7 Å². The van der Waals surface area contributed by atoms with Gasteiger partial charge in [-0.1, -0.05) is 12.1 Å². The topological polar surface area (TPSA) is 85.4 Å². The van der Waals surface area contributed by atoms with E-state index in [0.29, 0.717) is 44.9 Å². The number of carbonyl (C=O) groups excluding carboxylic acids is 1. The first-order valence-electron chi connectivity index (χ1n) is 10.2. The smallest absolute Gasteiger partial charge is 0.251 e. The fraction of sp³-hybridized carbons (Fsp3) is 0.650. The van der Waals surface area contributed by atoms with Gasteiger partial charge in [-0.2, -0.15) is 4.31 Å². The molecule has 2 saturated heterocycles. The highest BCUT2D eigenvalue weighted by atomic mass is 32.2. The van der Waals surface area contributed by atoms with Crippen molar-refractivity contribution in [2.45, 2.75) is 48.8 Å². The van der Waals surface area contributed by atoms with Gasteiger partial charge in [-0.3, -0.25) is 4.79 Å². The Morgan fingerprint density at radius 1 is 1.21 bits per heavy atom. The number of benzene rings is 1. The van der Waals surface area contributed by atoms with Crippen molar-refractivity contribution < 1.29 is 27.4 Å². The van der Waals surface area contributed by atoms with Crippen molar-refractivity contribution in [2.24, 2.45) is 0 Å². The SMILES string of the molecule is COCCN1[C@@H]2CCN(C(=O)[C@H]3CCCO3)CC[C@@H]2Oc2ccccc2S1(=O)=O. The van der Waals surface area contributed by atoms with Crippen LogP contribution in [0.5, 0.6) is 5.75 Å². The summed E-state index contributed by atoms with van der Waals surface area (Å²) in [6, 6.07) is 6.41. The summed E-state index contributed by atoms with van der Waals surface area (Å²) >= 11 is 0. The van der Waals surface area contributed by atoms with Crippen LogP contribution in [0, 0.1) is 0 Å². The van der Waals surface area contributed by atoms with Gasteiger partial charge in [0.25, 0.3) is 5.91 Å². The van der Waals surface area contributed by atoms with Gasteiger partial charge < -0.3 is 19.1 Å². The number of para-hydroxylation sites is 1. The van der Waals surface area contributed by atoms with E-state index >= 15 is 0 Å². The van der Waals surface area contributed by atoms with Crippen LogP contribution >= 0.6 is 0 Å². The fourth-order valence-electron chi connectivity index (χ4n) is 4.42. The van der Waals surface area contributed by atoms with E-state index in [1.807, 2.05) is 0 Å². The second-order valence-electron chi connectivity index (χ2n) is 7.68. The van der Waals surface area contributed by atoms with Gasteiger partial charge in [-0.25, -0.2) is 8.42 Å². The van der Waals surface area contributed by atoms with E-state index in [9.17, 15) is 13.2 Å². The van der Waals surface area contributed by atoms with E-state index in [1.54, 1.807) is 36.3 Å². The van der Waals surface area contributed by atoms with E-state index in [-0.39, 0.29) is 35.6 Å². The molecular weight excluding hydrogens is 396 g/mol. The number of hydrogen-bond acceptors (Lipinski definition) is 6. The molecule has 1 amide bonds. The maximum absolute atomic E-state index is 13.4. The lowest BCUT2D eigenvalue weighted by Gasteiger charge is -2.31. The molecule has 160 valence electrons. The molecule has 4 rings (SSSR count). The third kappa shape index (κ3) is 4.01. The number of methoxy groups -OCH3 is 1. The molecule has 0 N–H and O–H groups in total. The van der Waals surface area contributed by atoms with Crippen LogP contribution < -0.4 is 4.74 Å². The molecule has 1 aromatic carbocycles. The largest absolute Gasteiger partial charge is 0.487 e. The lowest BCUT2D eigenvalue weighted by Crippen LogP contribution is -2.48. The van der Waals surface area contributed by atoms with Crippen molar-refractivity contribution in [2.75, 3.05) is 40.0 Å². The first kappa shape index (κ1) is 20.6. The average molecular weight is 425 g/mol. The second-order valence-corrected chi connectivity index (χ2v) is 9.54. The summed E-state index contributed by atoms with van der Waals surface area (Å²) < 4.78 is 45.3. The molecule has 0 aliphatic carbocycles. The van der Waals surface area contributed by atoms with Crippen LogP contribution in [0.3, 0.4) is 0 Å². The van der Waals surface area contributed by atoms with Gasteiger partial charge >= 0.3 is 0 Å². The van der Waals surface area contributed by atoms with Gasteiger partial charge in [0, 0.05) is 39.8 Å². The van der Waals surface area contributed by atoms with E-state index in [0.717, 1.165) is 12.8 Å². The number of amides is 1. The molecule has 3 aliphatic rings. The first-order valence-corrected chi connectivity index (χ1v) is 11.6. The van der Waals surface area contributed by atoms with Gasteiger partial charge in [0.15, 0.2) is 0 Å². The van der Waals surface area contributed by atoms with E-state index in [1.165, 1.54) is 4.31 Å². The van der Waals surface area contributed by atoms with Gasteiger partial charge in [0.2, 0.25) is 10.0 Å². The van der Waals surface area contributed by atoms with E-state index in [2.05, 4.69) is 0 Å². The Morgan fingerprint density at radius 3 is 2.76 bits per heavy atom. The second kappa shape index (κ2) is 8.59. The molecular formula is C20H28N2O6S. The van der Waals surface area contributed by atoms with Crippen molar-refractivity contribution in [3.63, 3.8) is 0 Å². The molecule has 2 fully saturated rings. The normalized spacial score (nSPS) is 29.3. The van der Waals surface area contributed by atoms with Crippen LogP contribution in [0.15, 0.2) is 29.2 Å². The number of nitrogens with zero attached hydrogens (tertiary/aromatic N) is 2. The number of ether oxygens (including phenoxy) is 3. The molecule has 3 atom stereocenters. The zero-order valence-corrected chi connectivity index (χ0v) is 17.5. The molecule has 0 unspecified atom stereocenters. The standard InChI is InChI=1S/C20H28N2O6S/c1-26-14-12-22-15-8-10-21(20(23)18-6-4-13-27-18)11-9-16(15)28-17-5-2-3-7-19(17)29(22,24)25/h2-3,5,7,15-16,18H,4,6,8-14H2,1H3/t15-,16+,18-/m1/s1. The van der Waals surface area contributed by atoms with Gasteiger partial charge in [0.05, 0.1) is 12.6 Å². The third-order valence-corrected chi connectivity index (χ3v) is 7.89. The Hall–Kier alpha value is -1.68. The number of carbonyl (C=O) groups is 1. The molecule has 0 aromatic heterocycles. The quantitative estimate of drug-likeness (QED) is 0.723. The number of likely N-dealkylation sites (tertiary alicyclic amines) is 1. The minimum atomic E-state index is -3.73. The van der Waals surface area contributed by atoms with Gasteiger partial charge in [-0.05, 0) is 31.4 Å². The first-order chi connectivity index (χ1) is 14.0. The Morgan fingerprint density at radius 2 is 2.00 bits per heavy atom. The van der Waals surface area contributed by atoms with Gasteiger partial charge in [-0.15, -0.1) is 0 Å². The van der Waals surface area contributed by atoms with Crippen molar-refractivity contribution in [3.05, 3.63) is 24.3 Å². The molecule has 3 heterocycles. The van der Waals surface area contributed by atoms with E-state index < -0.39 is 10.0 Å². The molecule has 0 bridgehead atoms. The summed E-state index contributed by atoms with van der Waals surface area (Å²) in [6.45, 7) is 2.18. The highest BCUT2D eigenvalue weighted by Gasteiger charge is 2.44. The molecule has 1 aromatic rings.